The molecule has 1 unspecified atom stereocenters. The summed E-state index contributed by atoms with van der Waals surface area (Å²) in [5.74, 6) is -0.753. The number of carbonyl (C=O) groups excluding carboxylic acids is 2. The average molecular weight is 394 g/mol. The number of carbonyl (C=O) groups is 2. The molecule has 29 heavy (non-hydrogen) atoms. The summed E-state index contributed by atoms with van der Waals surface area (Å²) in [7, 11) is 0. The van der Waals surface area contributed by atoms with Crippen LogP contribution in [-0.4, -0.2) is 22.4 Å². The molecule has 3 rings (SSSR count). The minimum Gasteiger partial charge on any atom is -0.325 e. The fourth-order valence-corrected chi connectivity index (χ4v) is 3.23. The molecule has 2 aromatic rings. The third kappa shape index (κ3) is 4.16. The number of rotatable bonds is 5. The number of hydrogen-bond donors (Lipinski definition) is 2. The van der Waals surface area contributed by atoms with Crippen LogP contribution in [0.4, 0.5) is 11.4 Å². The van der Waals surface area contributed by atoms with Crippen molar-refractivity contribution in [2.45, 2.75) is 32.6 Å². The van der Waals surface area contributed by atoms with Crippen molar-refractivity contribution in [3.05, 3.63) is 69.8 Å². The molecule has 0 radical (unpaired) electrons. The van der Waals surface area contributed by atoms with Crippen LogP contribution in [0.15, 0.2) is 53.6 Å². The second kappa shape index (κ2) is 7.83. The molecule has 0 aliphatic carbocycles. The number of nitro groups is 1. The normalized spacial score (nSPS) is 16.6. The Balaban J connectivity index is 1.90. The Hall–Kier alpha value is -3.55. The van der Waals surface area contributed by atoms with Gasteiger partial charge in [0.15, 0.2) is 0 Å². The summed E-state index contributed by atoms with van der Waals surface area (Å²) in [5, 5.41) is 18.4. The van der Waals surface area contributed by atoms with Gasteiger partial charge in [-0.2, -0.15) is 5.10 Å². The lowest BCUT2D eigenvalue weighted by Crippen LogP contribution is -2.34. The highest BCUT2D eigenvalue weighted by molar-refractivity contribution is 6.09. The zero-order valence-corrected chi connectivity index (χ0v) is 16.4. The van der Waals surface area contributed by atoms with Crippen LogP contribution in [0.5, 0.6) is 0 Å². The molecular weight excluding hydrogens is 372 g/mol. The Kier molecular flexibility index (Phi) is 5.45. The number of anilines is 1. The molecular formula is C21H22N4O4. The third-order valence-electron chi connectivity index (χ3n) is 5.05. The van der Waals surface area contributed by atoms with E-state index in [0.717, 1.165) is 5.56 Å². The van der Waals surface area contributed by atoms with E-state index in [1.165, 1.54) is 6.07 Å². The van der Waals surface area contributed by atoms with E-state index in [2.05, 4.69) is 15.8 Å². The lowest BCUT2D eigenvalue weighted by atomic mass is 9.83. The molecule has 150 valence electrons. The minimum absolute atomic E-state index is 0.179. The van der Waals surface area contributed by atoms with Crippen molar-refractivity contribution in [3.63, 3.8) is 0 Å². The van der Waals surface area contributed by atoms with E-state index in [1.54, 1.807) is 32.9 Å². The zero-order chi connectivity index (χ0) is 21.2. The molecule has 8 heteroatoms. The van der Waals surface area contributed by atoms with Gasteiger partial charge in [-0.3, -0.25) is 19.7 Å². The standard InChI is InChI=1S/C21H22N4O4/c1-13-11-18(26)23-24-19(13)16-10-9-15(12-17(16)25(28)29)22-20(27)21(2,3)14-7-5-4-6-8-14/h4-10,12-13H,11H2,1-3H3,(H,22,27)(H,23,26). The van der Waals surface area contributed by atoms with Crippen LogP contribution < -0.4 is 10.7 Å². The van der Waals surface area contributed by atoms with Crippen molar-refractivity contribution in [2.24, 2.45) is 11.0 Å². The molecule has 0 spiro atoms. The van der Waals surface area contributed by atoms with Gasteiger partial charge in [-0.25, -0.2) is 5.43 Å². The van der Waals surface area contributed by atoms with Gasteiger partial charge in [-0.1, -0.05) is 37.3 Å². The van der Waals surface area contributed by atoms with Gasteiger partial charge in [0, 0.05) is 24.1 Å². The van der Waals surface area contributed by atoms with E-state index < -0.39 is 10.3 Å². The molecule has 8 nitrogen and oxygen atoms in total. The summed E-state index contributed by atoms with van der Waals surface area (Å²) < 4.78 is 0. The third-order valence-corrected chi connectivity index (χ3v) is 5.05. The zero-order valence-electron chi connectivity index (χ0n) is 16.4. The van der Waals surface area contributed by atoms with Gasteiger partial charge in [0.2, 0.25) is 11.8 Å². The number of hydrazone groups is 1. The maximum atomic E-state index is 12.8. The molecule has 0 aromatic heterocycles. The second-order valence-electron chi connectivity index (χ2n) is 7.57. The SMILES string of the molecule is CC1CC(=O)NN=C1c1ccc(NC(=O)C(C)(C)c2ccccc2)cc1[N+](=O)[O-]. The van der Waals surface area contributed by atoms with Crippen LogP contribution >= 0.6 is 0 Å². The number of benzene rings is 2. The van der Waals surface area contributed by atoms with Gasteiger partial charge >= 0.3 is 0 Å². The van der Waals surface area contributed by atoms with E-state index in [1.807, 2.05) is 30.3 Å². The van der Waals surface area contributed by atoms with E-state index in [9.17, 15) is 19.7 Å². The Morgan fingerprint density at radius 3 is 2.55 bits per heavy atom. The summed E-state index contributed by atoms with van der Waals surface area (Å²) in [6.07, 6.45) is 0.208. The van der Waals surface area contributed by atoms with Crippen LogP contribution in [0.2, 0.25) is 0 Å². The quantitative estimate of drug-likeness (QED) is 0.598. The number of nitro benzene ring substituents is 1. The topological polar surface area (TPSA) is 114 Å². The summed E-state index contributed by atoms with van der Waals surface area (Å²) in [4.78, 5) is 35.4. The molecule has 0 fully saturated rings. The molecule has 0 saturated carbocycles. The highest BCUT2D eigenvalue weighted by atomic mass is 16.6. The summed E-state index contributed by atoms with van der Waals surface area (Å²) in [5.41, 5.74) is 3.30. The largest absolute Gasteiger partial charge is 0.325 e. The predicted octanol–water partition coefficient (Wildman–Crippen LogP) is 3.37. The van der Waals surface area contributed by atoms with Gasteiger partial charge in [-0.05, 0) is 31.5 Å². The maximum Gasteiger partial charge on any atom is 0.280 e. The van der Waals surface area contributed by atoms with Gasteiger partial charge < -0.3 is 5.32 Å². The second-order valence-corrected chi connectivity index (χ2v) is 7.57. The first-order valence-corrected chi connectivity index (χ1v) is 9.22. The molecule has 0 bridgehead atoms. The number of nitrogens with one attached hydrogen (secondary N) is 2. The first-order chi connectivity index (χ1) is 13.7. The number of amides is 2. The van der Waals surface area contributed by atoms with Gasteiger partial charge in [0.1, 0.15) is 0 Å². The Bertz CT molecular complexity index is 999. The van der Waals surface area contributed by atoms with E-state index in [-0.39, 0.29) is 29.8 Å². The Labute approximate surface area is 168 Å². The maximum absolute atomic E-state index is 12.8. The number of nitrogens with zero attached hydrogens (tertiary/aromatic N) is 2. The fraction of sp³-hybridized carbons (Fsp3) is 0.286. The van der Waals surface area contributed by atoms with Gasteiger partial charge in [0.05, 0.1) is 21.6 Å². The highest BCUT2D eigenvalue weighted by Crippen LogP contribution is 2.30. The van der Waals surface area contributed by atoms with Crippen molar-refractivity contribution >= 4 is 28.9 Å². The Morgan fingerprint density at radius 1 is 1.24 bits per heavy atom. The molecule has 1 heterocycles. The molecule has 2 aromatic carbocycles. The van der Waals surface area contributed by atoms with Gasteiger partial charge in [-0.15, -0.1) is 0 Å². The lowest BCUT2D eigenvalue weighted by molar-refractivity contribution is -0.385. The van der Waals surface area contributed by atoms with Crippen molar-refractivity contribution in [3.8, 4) is 0 Å². The lowest BCUT2D eigenvalue weighted by Gasteiger charge is -2.24. The molecule has 1 aliphatic rings. The average Bonchev–Trinajstić information content (AvgIpc) is 2.69. The molecule has 0 saturated heterocycles. The van der Waals surface area contributed by atoms with Crippen molar-refractivity contribution in [1.82, 2.24) is 5.43 Å². The van der Waals surface area contributed by atoms with Crippen LogP contribution in [0.1, 0.15) is 38.3 Å². The summed E-state index contributed by atoms with van der Waals surface area (Å²) in [6.45, 7) is 5.38. The van der Waals surface area contributed by atoms with Crippen LogP contribution in [0, 0.1) is 16.0 Å². The van der Waals surface area contributed by atoms with E-state index in [4.69, 9.17) is 0 Å². The monoisotopic (exact) mass is 394 g/mol. The van der Waals surface area contributed by atoms with Crippen molar-refractivity contribution in [2.75, 3.05) is 5.32 Å². The minimum atomic E-state index is -0.818. The Morgan fingerprint density at radius 2 is 1.93 bits per heavy atom. The van der Waals surface area contributed by atoms with Crippen molar-refractivity contribution in [1.29, 1.82) is 0 Å². The fourth-order valence-electron chi connectivity index (χ4n) is 3.23. The van der Waals surface area contributed by atoms with Crippen molar-refractivity contribution < 1.29 is 14.5 Å². The summed E-state index contributed by atoms with van der Waals surface area (Å²) >= 11 is 0. The van der Waals surface area contributed by atoms with Crippen LogP contribution in [0.25, 0.3) is 0 Å². The molecule has 2 amide bonds. The van der Waals surface area contributed by atoms with Crippen LogP contribution in [0.3, 0.4) is 0 Å². The van der Waals surface area contributed by atoms with E-state index in [0.29, 0.717) is 17.0 Å². The first-order valence-electron chi connectivity index (χ1n) is 9.22. The predicted molar refractivity (Wildman–Crippen MR) is 110 cm³/mol. The number of hydrogen-bond acceptors (Lipinski definition) is 5. The van der Waals surface area contributed by atoms with Crippen LogP contribution in [-0.2, 0) is 15.0 Å². The molecule has 2 N–H and O–H groups in total. The molecule has 1 atom stereocenters. The smallest absolute Gasteiger partial charge is 0.280 e. The molecule has 1 aliphatic heterocycles. The highest BCUT2D eigenvalue weighted by Gasteiger charge is 2.31. The van der Waals surface area contributed by atoms with Gasteiger partial charge in [0.25, 0.3) is 5.69 Å². The first kappa shape index (κ1) is 20.2. The van der Waals surface area contributed by atoms with E-state index >= 15 is 0 Å². The summed E-state index contributed by atoms with van der Waals surface area (Å²) in [6, 6.07) is 13.8.